The molecule has 2 atom stereocenters. The minimum absolute atomic E-state index is 0.182. The molecular formula is C31H42N2O5S. The molecule has 0 aromatic heterocycles. The van der Waals surface area contributed by atoms with Crippen LogP contribution in [0.5, 0.6) is 0 Å². The summed E-state index contributed by atoms with van der Waals surface area (Å²) in [7, 11) is -3.72. The van der Waals surface area contributed by atoms with Crippen molar-refractivity contribution in [3.63, 3.8) is 0 Å². The van der Waals surface area contributed by atoms with Crippen LogP contribution in [0.15, 0.2) is 24.3 Å². The predicted octanol–water partition coefficient (Wildman–Crippen LogP) is 6.09. The fourth-order valence-electron chi connectivity index (χ4n) is 6.85. The second-order valence-corrected chi connectivity index (χ2v) is 14.5. The number of nitrogens with zero attached hydrogens (tertiary/aromatic N) is 2. The maximum Gasteiger partial charge on any atom is 0.337 e. The molecule has 2 unspecified atom stereocenters. The van der Waals surface area contributed by atoms with Crippen molar-refractivity contribution in [3.05, 3.63) is 52.1 Å². The van der Waals surface area contributed by atoms with E-state index in [1.165, 1.54) is 19.3 Å². The highest BCUT2D eigenvalue weighted by molar-refractivity contribution is 7.90. The van der Waals surface area contributed by atoms with Crippen molar-refractivity contribution < 1.29 is 23.1 Å². The molecular weight excluding hydrogens is 512 g/mol. The van der Waals surface area contributed by atoms with Crippen LogP contribution in [-0.2, 0) is 26.2 Å². The van der Waals surface area contributed by atoms with E-state index in [-0.39, 0.29) is 6.04 Å². The number of ether oxygens (including phenoxy) is 1. The lowest BCUT2D eigenvalue weighted by Gasteiger charge is -2.31. The van der Waals surface area contributed by atoms with Gasteiger partial charge in [0, 0.05) is 18.7 Å². The number of anilines is 1. The Balaban J connectivity index is 1.67. The summed E-state index contributed by atoms with van der Waals surface area (Å²) in [6.07, 6.45) is 5.12. The summed E-state index contributed by atoms with van der Waals surface area (Å²) < 4.78 is 37.5. The molecule has 0 spiro atoms. The first-order valence-electron chi connectivity index (χ1n) is 14.2. The van der Waals surface area contributed by atoms with Crippen LogP contribution in [0.2, 0.25) is 0 Å². The number of benzene rings is 2. The van der Waals surface area contributed by atoms with Crippen molar-refractivity contribution in [1.82, 2.24) is 4.31 Å². The monoisotopic (exact) mass is 554 g/mol. The van der Waals surface area contributed by atoms with Gasteiger partial charge in [0.2, 0.25) is 0 Å². The Kier molecular flexibility index (Phi) is 7.36. The summed E-state index contributed by atoms with van der Waals surface area (Å²) in [6.45, 7) is 12.5. The molecule has 1 saturated heterocycles. The van der Waals surface area contributed by atoms with Gasteiger partial charge in [0.1, 0.15) is 0 Å². The van der Waals surface area contributed by atoms with E-state index in [1.807, 2.05) is 65.8 Å². The standard InChI is InChI=1S/C31H42N2O5S/c1-19-12-14-23(15-13-19)26-20(2)25-16-24-18-32(17-22-10-8-7-9-11-22)39(36,37)33(24)28(25)21(3)27(26)29(30(34)35)38-31(4,5)6/h12-15,22,24,29H,7-11,16-18H2,1-6H3,(H,34,35). The summed E-state index contributed by atoms with van der Waals surface area (Å²) in [5.74, 6) is -0.676. The van der Waals surface area contributed by atoms with Gasteiger partial charge in [-0.15, -0.1) is 0 Å². The second-order valence-electron chi connectivity index (χ2n) is 12.7. The quantitative estimate of drug-likeness (QED) is 0.467. The summed E-state index contributed by atoms with van der Waals surface area (Å²) in [5.41, 5.74) is 5.94. The van der Waals surface area contributed by atoms with Gasteiger partial charge in [0.15, 0.2) is 6.10 Å². The van der Waals surface area contributed by atoms with Gasteiger partial charge in [-0.1, -0.05) is 49.1 Å². The zero-order chi connectivity index (χ0) is 28.3. The summed E-state index contributed by atoms with van der Waals surface area (Å²) >= 11 is 0. The third-order valence-corrected chi connectivity index (χ3v) is 10.5. The first kappa shape index (κ1) is 28.1. The molecule has 2 aromatic rings. The van der Waals surface area contributed by atoms with E-state index in [4.69, 9.17) is 4.74 Å². The molecule has 7 nitrogen and oxygen atoms in total. The first-order chi connectivity index (χ1) is 18.3. The predicted molar refractivity (Wildman–Crippen MR) is 154 cm³/mol. The lowest BCUT2D eigenvalue weighted by molar-refractivity contribution is -0.160. The van der Waals surface area contributed by atoms with Crippen LogP contribution < -0.4 is 4.31 Å². The molecule has 1 N–H and O–H groups in total. The van der Waals surface area contributed by atoms with Crippen LogP contribution in [0, 0.1) is 26.7 Å². The Morgan fingerprint density at radius 2 is 1.69 bits per heavy atom. The van der Waals surface area contributed by atoms with E-state index >= 15 is 0 Å². The Morgan fingerprint density at radius 1 is 1.05 bits per heavy atom. The van der Waals surface area contributed by atoms with Gasteiger partial charge in [0.05, 0.1) is 17.3 Å². The molecule has 3 aliphatic rings. The van der Waals surface area contributed by atoms with Crippen molar-refractivity contribution >= 4 is 21.9 Å². The highest BCUT2D eigenvalue weighted by Gasteiger charge is 2.51. The molecule has 2 fully saturated rings. The van der Waals surface area contributed by atoms with Crippen LogP contribution in [0.3, 0.4) is 0 Å². The highest BCUT2D eigenvalue weighted by atomic mass is 32.2. The van der Waals surface area contributed by atoms with Crippen molar-refractivity contribution in [2.24, 2.45) is 5.92 Å². The van der Waals surface area contributed by atoms with Crippen LogP contribution in [0.4, 0.5) is 5.69 Å². The minimum atomic E-state index is -3.72. The van der Waals surface area contributed by atoms with Gasteiger partial charge in [-0.05, 0) is 94.5 Å². The van der Waals surface area contributed by atoms with E-state index in [9.17, 15) is 18.3 Å². The van der Waals surface area contributed by atoms with Gasteiger partial charge >= 0.3 is 16.2 Å². The number of hydrogen-bond donors (Lipinski definition) is 1. The molecule has 0 amide bonds. The number of hydrogen-bond acceptors (Lipinski definition) is 4. The molecule has 2 heterocycles. The average molecular weight is 555 g/mol. The lowest BCUT2D eigenvalue weighted by atomic mass is 9.84. The minimum Gasteiger partial charge on any atom is -0.479 e. The number of aliphatic carboxylic acids is 1. The van der Waals surface area contributed by atoms with Gasteiger partial charge in [-0.2, -0.15) is 12.7 Å². The molecule has 2 aromatic carbocycles. The van der Waals surface area contributed by atoms with Gasteiger partial charge in [-0.25, -0.2) is 4.79 Å². The van der Waals surface area contributed by atoms with E-state index in [2.05, 4.69) is 0 Å². The lowest BCUT2D eigenvalue weighted by Crippen LogP contribution is -2.37. The Bertz CT molecular complexity index is 1370. The van der Waals surface area contributed by atoms with Crippen molar-refractivity contribution in [3.8, 4) is 11.1 Å². The molecule has 0 radical (unpaired) electrons. The number of rotatable bonds is 6. The number of aryl methyl sites for hydroxylation is 1. The summed E-state index contributed by atoms with van der Waals surface area (Å²) in [6, 6.07) is 7.89. The first-order valence-corrected chi connectivity index (χ1v) is 15.6. The maximum absolute atomic E-state index is 14.0. The molecule has 0 bridgehead atoms. The Morgan fingerprint density at radius 3 is 2.28 bits per heavy atom. The van der Waals surface area contributed by atoms with E-state index in [0.29, 0.717) is 42.2 Å². The average Bonchev–Trinajstić information content (AvgIpc) is 3.36. The van der Waals surface area contributed by atoms with Crippen molar-refractivity contribution in [2.45, 2.75) is 97.8 Å². The number of carbonyl (C=O) groups is 1. The largest absolute Gasteiger partial charge is 0.479 e. The van der Waals surface area contributed by atoms with Crippen LogP contribution in [0.25, 0.3) is 11.1 Å². The van der Waals surface area contributed by atoms with Crippen molar-refractivity contribution in [2.75, 3.05) is 17.4 Å². The SMILES string of the molecule is Cc1ccc(-c2c(C)c3c(c(C)c2C(OC(C)(C)C)C(=O)O)N2C(C3)CN(CC3CCCCC3)S2(=O)=O)cc1. The van der Waals surface area contributed by atoms with Crippen LogP contribution in [0.1, 0.15) is 86.8 Å². The molecule has 2 aliphatic heterocycles. The zero-order valence-electron chi connectivity index (χ0n) is 24.1. The summed E-state index contributed by atoms with van der Waals surface area (Å²) in [5, 5.41) is 10.4. The molecule has 8 heteroatoms. The van der Waals surface area contributed by atoms with Crippen molar-refractivity contribution in [1.29, 1.82) is 0 Å². The Labute approximate surface area is 233 Å². The van der Waals surface area contributed by atoms with E-state index < -0.39 is 27.9 Å². The van der Waals surface area contributed by atoms with Crippen LogP contribution >= 0.6 is 0 Å². The highest BCUT2D eigenvalue weighted by Crippen LogP contribution is 2.50. The third kappa shape index (κ3) is 5.11. The summed E-state index contributed by atoms with van der Waals surface area (Å²) in [4.78, 5) is 12.7. The molecule has 5 rings (SSSR count). The third-order valence-electron chi connectivity index (χ3n) is 8.61. The fraction of sp³-hybridized carbons (Fsp3) is 0.581. The number of carboxylic acid groups (broad SMARTS) is 1. The Hall–Kier alpha value is -2.42. The normalized spacial score (nSPS) is 22.1. The second kappa shape index (κ2) is 10.2. The van der Waals surface area contributed by atoms with Crippen LogP contribution in [-0.4, -0.2) is 48.5 Å². The zero-order valence-corrected chi connectivity index (χ0v) is 24.9. The molecule has 39 heavy (non-hydrogen) atoms. The molecule has 1 saturated carbocycles. The smallest absolute Gasteiger partial charge is 0.337 e. The number of carboxylic acids is 1. The molecule has 212 valence electrons. The van der Waals surface area contributed by atoms with Gasteiger partial charge in [-0.3, -0.25) is 4.31 Å². The van der Waals surface area contributed by atoms with Gasteiger partial charge < -0.3 is 9.84 Å². The van der Waals surface area contributed by atoms with Gasteiger partial charge in [0.25, 0.3) is 0 Å². The van der Waals surface area contributed by atoms with E-state index in [0.717, 1.165) is 40.7 Å². The maximum atomic E-state index is 14.0. The molecule has 1 aliphatic carbocycles. The number of fused-ring (bicyclic) bond motifs is 3. The van der Waals surface area contributed by atoms with E-state index in [1.54, 1.807) is 8.61 Å². The fourth-order valence-corrected chi connectivity index (χ4v) is 8.85. The topological polar surface area (TPSA) is 87.2 Å².